The van der Waals surface area contributed by atoms with Crippen molar-refractivity contribution in [1.82, 2.24) is 10.4 Å². The van der Waals surface area contributed by atoms with Crippen LogP contribution in [0.25, 0.3) is 10.9 Å². The van der Waals surface area contributed by atoms with Gasteiger partial charge >= 0.3 is 0 Å². The number of hydrogen-bond donors (Lipinski definition) is 2. The molecule has 8 heteroatoms. The monoisotopic (exact) mass is 374 g/mol. The van der Waals surface area contributed by atoms with E-state index in [2.05, 4.69) is 15.5 Å². The number of aromatic nitrogens is 1. The van der Waals surface area contributed by atoms with Crippen molar-refractivity contribution in [1.29, 1.82) is 0 Å². The topological polar surface area (TPSA) is 80.4 Å². The summed E-state index contributed by atoms with van der Waals surface area (Å²) in [6, 6.07) is 9.15. The molecule has 0 saturated carbocycles. The van der Waals surface area contributed by atoms with Crippen LogP contribution in [0.15, 0.2) is 41.6 Å². The fourth-order valence-electron chi connectivity index (χ4n) is 1.86. The lowest BCUT2D eigenvalue weighted by Gasteiger charge is -2.08. The molecule has 126 valence electrons. The van der Waals surface area contributed by atoms with Crippen LogP contribution in [-0.2, 0) is 4.79 Å². The Morgan fingerprint density at radius 3 is 2.87 bits per heavy atom. The molecule has 0 radical (unpaired) electrons. The van der Waals surface area contributed by atoms with Crippen molar-refractivity contribution in [3.05, 3.63) is 42.1 Å². The van der Waals surface area contributed by atoms with Crippen molar-refractivity contribution in [3.63, 3.8) is 0 Å². The van der Waals surface area contributed by atoms with Crippen molar-refractivity contribution >= 4 is 59.6 Å². The molecule has 0 bridgehead atoms. The van der Waals surface area contributed by atoms with Gasteiger partial charge in [-0.3, -0.25) is 9.78 Å². The summed E-state index contributed by atoms with van der Waals surface area (Å²) in [5.74, 6) is 0.583. The first-order chi connectivity index (χ1) is 10.2. The maximum atomic E-state index is 11.7. The van der Waals surface area contributed by atoms with Crippen molar-refractivity contribution in [2.45, 2.75) is 12.5 Å². The average Bonchev–Trinajstić information content (AvgIpc) is 2.52. The molecule has 0 aliphatic rings. The Labute approximate surface area is 152 Å². The quantitative estimate of drug-likeness (QED) is 0.601. The predicted molar refractivity (Wildman–Crippen MR) is 103 cm³/mol. The number of hydrazone groups is 1. The van der Waals surface area contributed by atoms with Gasteiger partial charge in [0.2, 0.25) is 0 Å². The Balaban J connectivity index is 0.00000242. The number of para-hydroxylation sites is 1. The van der Waals surface area contributed by atoms with Gasteiger partial charge in [0.05, 0.1) is 17.8 Å². The number of halogens is 2. The molecule has 2 rings (SSSR count). The Morgan fingerprint density at radius 2 is 2.13 bits per heavy atom. The number of nitrogens with zero attached hydrogens (tertiary/aromatic N) is 2. The van der Waals surface area contributed by atoms with Crippen molar-refractivity contribution in [2.75, 3.05) is 12.0 Å². The highest BCUT2D eigenvalue weighted by Gasteiger charge is 2.11. The minimum absolute atomic E-state index is 0. The van der Waals surface area contributed by atoms with Crippen LogP contribution in [0.3, 0.4) is 0 Å². The van der Waals surface area contributed by atoms with Crippen LogP contribution in [0.5, 0.6) is 0 Å². The van der Waals surface area contributed by atoms with E-state index < -0.39 is 6.04 Å². The van der Waals surface area contributed by atoms with Gasteiger partial charge < -0.3 is 5.73 Å². The molecule has 1 heterocycles. The fourth-order valence-corrected chi connectivity index (χ4v) is 2.35. The molecule has 2 aromatic rings. The number of carbonyl (C=O) groups is 1. The summed E-state index contributed by atoms with van der Waals surface area (Å²) in [5.41, 5.74) is 9.94. The zero-order chi connectivity index (χ0) is 15.1. The molecule has 23 heavy (non-hydrogen) atoms. The van der Waals surface area contributed by atoms with Crippen molar-refractivity contribution in [3.8, 4) is 0 Å². The lowest BCUT2D eigenvalue weighted by atomic mass is 10.1. The second-order valence-corrected chi connectivity index (χ2v) is 5.53. The summed E-state index contributed by atoms with van der Waals surface area (Å²) in [6.45, 7) is 0. The summed E-state index contributed by atoms with van der Waals surface area (Å²) < 4.78 is 0. The molecule has 0 spiro atoms. The van der Waals surface area contributed by atoms with E-state index in [9.17, 15) is 4.79 Å². The Bertz CT molecular complexity index is 649. The van der Waals surface area contributed by atoms with Gasteiger partial charge in [0.15, 0.2) is 0 Å². The molecule has 0 fully saturated rings. The minimum atomic E-state index is -0.528. The number of thioether (sulfide) groups is 1. The van der Waals surface area contributed by atoms with Crippen LogP contribution < -0.4 is 11.2 Å². The molecule has 0 unspecified atom stereocenters. The Hall–Kier alpha value is -1.34. The number of hydrogen-bond acceptors (Lipinski definition) is 5. The number of nitrogens with two attached hydrogens (primary N) is 1. The van der Waals surface area contributed by atoms with Crippen LogP contribution in [0, 0.1) is 0 Å². The van der Waals surface area contributed by atoms with E-state index >= 15 is 0 Å². The van der Waals surface area contributed by atoms with Gasteiger partial charge in [-0.2, -0.15) is 16.9 Å². The van der Waals surface area contributed by atoms with Gasteiger partial charge in [-0.15, -0.1) is 24.8 Å². The zero-order valence-electron chi connectivity index (χ0n) is 12.6. The summed E-state index contributed by atoms with van der Waals surface area (Å²) >= 11 is 1.66. The number of pyridine rings is 1. The van der Waals surface area contributed by atoms with Gasteiger partial charge in [0.1, 0.15) is 0 Å². The minimum Gasteiger partial charge on any atom is -0.320 e. The van der Waals surface area contributed by atoms with E-state index in [1.54, 1.807) is 24.2 Å². The molecule has 0 saturated heterocycles. The fraction of sp³-hybridized carbons (Fsp3) is 0.267. The molecule has 5 nitrogen and oxygen atoms in total. The second kappa shape index (κ2) is 11.2. The largest absolute Gasteiger partial charge is 0.320 e. The van der Waals surface area contributed by atoms with E-state index in [4.69, 9.17) is 5.73 Å². The SMILES string of the molecule is CSCC[C@H](N)C(=O)N/N=C/c1cccc2cccnc12.Cl.Cl. The number of amides is 1. The third-order valence-corrected chi connectivity index (χ3v) is 3.66. The third kappa shape index (κ3) is 6.35. The summed E-state index contributed by atoms with van der Waals surface area (Å²) in [4.78, 5) is 16.1. The van der Waals surface area contributed by atoms with E-state index in [1.165, 1.54) is 0 Å². The third-order valence-electron chi connectivity index (χ3n) is 3.01. The molecular formula is C15H20Cl2N4OS. The normalized spacial score (nSPS) is 11.6. The lowest BCUT2D eigenvalue weighted by molar-refractivity contribution is -0.122. The molecule has 1 amide bonds. The van der Waals surface area contributed by atoms with Gasteiger partial charge in [0, 0.05) is 17.1 Å². The standard InChI is InChI=1S/C15H18N4OS.2ClH/c1-21-9-7-13(16)15(20)19-18-10-12-5-2-4-11-6-3-8-17-14(11)12;;/h2-6,8,10,13H,7,9,16H2,1H3,(H,19,20);2*1H/b18-10+;;/t13-;;/m0../s1. The maximum absolute atomic E-state index is 11.7. The molecule has 1 atom stereocenters. The van der Waals surface area contributed by atoms with Gasteiger partial charge in [-0.1, -0.05) is 24.3 Å². The number of carbonyl (C=O) groups excluding carboxylic acids is 1. The maximum Gasteiger partial charge on any atom is 0.256 e. The summed E-state index contributed by atoms with van der Waals surface area (Å²) in [5, 5.41) is 5.00. The Morgan fingerprint density at radius 1 is 1.39 bits per heavy atom. The number of fused-ring (bicyclic) bond motifs is 1. The van der Waals surface area contributed by atoms with Crippen LogP contribution >= 0.6 is 36.6 Å². The van der Waals surface area contributed by atoms with Gasteiger partial charge in [-0.05, 0) is 24.5 Å². The molecule has 0 aliphatic carbocycles. The highest BCUT2D eigenvalue weighted by Crippen LogP contribution is 2.13. The molecule has 1 aromatic heterocycles. The van der Waals surface area contributed by atoms with E-state index in [-0.39, 0.29) is 30.7 Å². The Kier molecular flexibility index (Phi) is 10.6. The average molecular weight is 375 g/mol. The van der Waals surface area contributed by atoms with Crippen LogP contribution in [0.4, 0.5) is 0 Å². The first-order valence-corrected chi connectivity index (χ1v) is 8.03. The highest BCUT2D eigenvalue weighted by molar-refractivity contribution is 7.98. The highest BCUT2D eigenvalue weighted by atomic mass is 35.5. The smallest absolute Gasteiger partial charge is 0.256 e. The summed E-state index contributed by atoms with van der Waals surface area (Å²) in [6.07, 6.45) is 5.94. The molecular weight excluding hydrogens is 355 g/mol. The van der Waals surface area contributed by atoms with E-state index in [0.717, 1.165) is 22.2 Å². The molecule has 3 N–H and O–H groups in total. The summed E-state index contributed by atoms with van der Waals surface area (Å²) in [7, 11) is 0. The second-order valence-electron chi connectivity index (χ2n) is 4.54. The number of benzene rings is 1. The molecule has 1 aromatic carbocycles. The van der Waals surface area contributed by atoms with E-state index in [1.807, 2.05) is 36.6 Å². The molecule has 0 aliphatic heterocycles. The van der Waals surface area contributed by atoms with Crippen LogP contribution in [-0.4, -0.2) is 35.2 Å². The number of nitrogens with one attached hydrogen (secondary N) is 1. The van der Waals surface area contributed by atoms with E-state index in [0.29, 0.717) is 6.42 Å². The number of rotatable bonds is 6. The van der Waals surface area contributed by atoms with Gasteiger partial charge in [-0.25, -0.2) is 5.43 Å². The zero-order valence-corrected chi connectivity index (χ0v) is 15.1. The van der Waals surface area contributed by atoms with Crippen molar-refractivity contribution < 1.29 is 4.79 Å². The first kappa shape index (κ1) is 21.7. The first-order valence-electron chi connectivity index (χ1n) is 6.63. The van der Waals surface area contributed by atoms with Gasteiger partial charge in [0.25, 0.3) is 5.91 Å². The van der Waals surface area contributed by atoms with Crippen LogP contribution in [0.1, 0.15) is 12.0 Å². The predicted octanol–water partition coefficient (Wildman–Crippen LogP) is 2.61. The van der Waals surface area contributed by atoms with Crippen molar-refractivity contribution in [2.24, 2.45) is 10.8 Å². The van der Waals surface area contributed by atoms with Crippen LogP contribution in [0.2, 0.25) is 0 Å². The lowest BCUT2D eigenvalue weighted by Crippen LogP contribution is -2.38.